The second-order valence-corrected chi connectivity index (χ2v) is 4.81. The minimum atomic E-state index is -4.21. The van der Waals surface area contributed by atoms with E-state index in [1.165, 1.54) is 0 Å². The molecule has 0 fully saturated rings. The number of ether oxygens (including phenoxy) is 1. The molecular weight excluding hydrogens is 257 g/mol. The van der Waals surface area contributed by atoms with Gasteiger partial charge in [0, 0.05) is 0 Å². The van der Waals surface area contributed by atoms with Gasteiger partial charge in [0.2, 0.25) is 0 Å². The van der Waals surface area contributed by atoms with E-state index in [9.17, 15) is 18.3 Å². The number of hydrogen-bond donors (Lipinski definition) is 1. The molecule has 19 heavy (non-hydrogen) atoms. The molecule has 5 heteroatoms. The van der Waals surface area contributed by atoms with Crippen molar-refractivity contribution in [1.29, 1.82) is 0 Å². The van der Waals surface area contributed by atoms with Crippen molar-refractivity contribution < 1.29 is 23.0 Å². The number of alkyl halides is 3. The van der Waals surface area contributed by atoms with Crippen LogP contribution in [0.4, 0.5) is 13.2 Å². The Kier molecular flexibility index (Phi) is 4.47. The standard InChI is InChI=1S/C14H17F3O2/c15-14(16,17)8-9-19-12-7-3-5-10-4-1-2-6-11(10)13(12)18/h1-2,4,6,12-13,18H,3,5,7-9H2. The average Bonchev–Trinajstić information content (AvgIpc) is 2.49. The predicted molar refractivity (Wildman–Crippen MR) is 64.8 cm³/mol. The van der Waals surface area contributed by atoms with Crippen LogP contribution in [-0.4, -0.2) is 24.0 Å². The summed E-state index contributed by atoms with van der Waals surface area (Å²) < 4.78 is 41.5. The zero-order valence-corrected chi connectivity index (χ0v) is 10.5. The van der Waals surface area contributed by atoms with Crippen LogP contribution in [0.5, 0.6) is 0 Å². The highest BCUT2D eigenvalue weighted by molar-refractivity contribution is 5.30. The Morgan fingerprint density at radius 3 is 2.74 bits per heavy atom. The van der Waals surface area contributed by atoms with Crippen LogP contribution in [0.15, 0.2) is 24.3 Å². The number of halogens is 3. The number of aliphatic hydroxyl groups is 1. The first-order chi connectivity index (χ1) is 8.97. The van der Waals surface area contributed by atoms with Crippen molar-refractivity contribution in [2.24, 2.45) is 0 Å². The number of benzene rings is 1. The molecule has 0 bridgehead atoms. The first-order valence-electron chi connectivity index (χ1n) is 6.41. The lowest BCUT2D eigenvalue weighted by molar-refractivity contribution is -0.154. The van der Waals surface area contributed by atoms with E-state index in [1.807, 2.05) is 24.3 Å². The Balaban J connectivity index is 1.99. The van der Waals surface area contributed by atoms with E-state index >= 15 is 0 Å². The molecule has 0 spiro atoms. The zero-order chi connectivity index (χ0) is 13.9. The quantitative estimate of drug-likeness (QED) is 0.856. The highest BCUT2D eigenvalue weighted by Crippen LogP contribution is 2.31. The van der Waals surface area contributed by atoms with Gasteiger partial charge in [0.1, 0.15) is 6.10 Å². The maximum Gasteiger partial charge on any atom is 0.391 e. The fraction of sp³-hybridized carbons (Fsp3) is 0.571. The molecule has 1 aliphatic rings. The fourth-order valence-corrected chi connectivity index (χ4v) is 2.40. The minimum absolute atomic E-state index is 0.395. The first-order valence-corrected chi connectivity index (χ1v) is 6.41. The van der Waals surface area contributed by atoms with Gasteiger partial charge in [-0.15, -0.1) is 0 Å². The summed E-state index contributed by atoms with van der Waals surface area (Å²) in [5.41, 5.74) is 1.83. The van der Waals surface area contributed by atoms with Crippen LogP contribution in [-0.2, 0) is 11.2 Å². The summed E-state index contributed by atoms with van der Waals surface area (Å²) in [6.45, 7) is -0.395. The van der Waals surface area contributed by atoms with Gasteiger partial charge in [-0.2, -0.15) is 13.2 Å². The first kappa shape index (κ1) is 14.3. The Labute approximate surface area is 110 Å². The van der Waals surface area contributed by atoms with Gasteiger partial charge in [0.25, 0.3) is 0 Å². The molecule has 0 aromatic heterocycles. The lowest BCUT2D eigenvalue weighted by atomic mass is 10.0. The van der Waals surface area contributed by atoms with Crippen LogP contribution in [0, 0.1) is 0 Å². The Bertz CT molecular complexity index is 417. The molecule has 2 atom stereocenters. The number of aryl methyl sites for hydroxylation is 1. The molecule has 0 radical (unpaired) electrons. The predicted octanol–water partition coefficient (Wildman–Crippen LogP) is 3.39. The highest BCUT2D eigenvalue weighted by atomic mass is 19.4. The Morgan fingerprint density at radius 2 is 2.00 bits per heavy atom. The third kappa shape index (κ3) is 3.94. The van der Waals surface area contributed by atoms with Crippen LogP contribution in [0.25, 0.3) is 0 Å². The number of aliphatic hydroxyl groups excluding tert-OH is 1. The van der Waals surface area contributed by atoms with Gasteiger partial charge >= 0.3 is 6.18 Å². The SMILES string of the molecule is OC1c2ccccc2CCCC1OCCC(F)(F)F. The lowest BCUT2D eigenvalue weighted by Gasteiger charge is -2.22. The summed E-state index contributed by atoms with van der Waals surface area (Å²) in [7, 11) is 0. The summed E-state index contributed by atoms with van der Waals surface area (Å²) >= 11 is 0. The molecule has 1 aromatic rings. The molecule has 1 aliphatic carbocycles. The van der Waals surface area contributed by atoms with Gasteiger partial charge in [0.05, 0.1) is 19.1 Å². The van der Waals surface area contributed by atoms with E-state index in [1.54, 1.807) is 0 Å². The molecule has 0 saturated heterocycles. The van der Waals surface area contributed by atoms with Crippen LogP contribution < -0.4 is 0 Å². The molecule has 0 aliphatic heterocycles. The minimum Gasteiger partial charge on any atom is -0.386 e. The highest BCUT2D eigenvalue weighted by Gasteiger charge is 2.30. The van der Waals surface area contributed by atoms with Crippen molar-refractivity contribution >= 4 is 0 Å². The van der Waals surface area contributed by atoms with Gasteiger partial charge in [-0.3, -0.25) is 0 Å². The molecule has 106 valence electrons. The molecule has 2 nitrogen and oxygen atoms in total. The van der Waals surface area contributed by atoms with Crippen molar-refractivity contribution in [3.63, 3.8) is 0 Å². The topological polar surface area (TPSA) is 29.5 Å². The number of hydrogen-bond acceptors (Lipinski definition) is 2. The van der Waals surface area contributed by atoms with Crippen molar-refractivity contribution in [2.75, 3.05) is 6.61 Å². The normalized spacial score (nSPS) is 23.8. The average molecular weight is 274 g/mol. The van der Waals surface area contributed by atoms with Crippen molar-refractivity contribution in [3.8, 4) is 0 Å². The molecule has 1 N–H and O–H groups in total. The monoisotopic (exact) mass is 274 g/mol. The van der Waals surface area contributed by atoms with Crippen molar-refractivity contribution in [2.45, 2.75) is 44.1 Å². The van der Waals surface area contributed by atoms with Gasteiger partial charge in [-0.1, -0.05) is 24.3 Å². The summed E-state index contributed by atoms with van der Waals surface area (Å²) in [6, 6.07) is 7.47. The van der Waals surface area contributed by atoms with Crippen LogP contribution in [0.2, 0.25) is 0 Å². The zero-order valence-electron chi connectivity index (χ0n) is 10.5. The molecule has 0 amide bonds. The summed E-state index contributed by atoms with van der Waals surface area (Å²) in [5.74, 6) is 0. The fourth-order valence-electron chi connectivity index (χ4n) is 2.40. The van der Waals surface area contributed by atoms with Gasteiger partial charge in [0.15, 0.2) is 0 Å². The molecule has 2 unspecified atom stereocenters. The summed E-state index contributed by atoms with van der Waals surface area (Å²) in [5, 5.41) is 10.2. The lowest BCUT2D eigenvalue weighted by Crippen LogP contribution is -2.24. The smallest absolute Gasteiger partial charge is 0.386 e. The third-order valence-electron chi connectivity index (χ3n) is 3.38. The molecule has 2 rings (SSSR count). The maximum atomic E-state index is 12.1. The van der Waals surface area contributed by atoms with Crippen molar-refractivity contribution in [1.82, 2.24) is 0 Å². The van der Waals surface area contributed by atoms with E-state index in [-0.39, 0.29) is 0 Å². The Hall–Kier alpha value is -1.07. The van der Waals surface area contributed by atoms with Crippen molar-refractivity contribution in [3.05, 3.63) is 35.4 Å². The third-order valence-corrected chi connectivity index (χ3v) is 3.38. The van der Waals surface area contributed by atoms with Crippen LogP contribution in [0.1, 0.15) is 36.5 Å². The van der Waals surface area contributed by atoms with E-state index in [2.05, 4.69) is 0 Å². The number of rotatable bonds is 3. The van der Waals surface area contributed by atoms with E-state index in [4.69, 9.17) is 4.74 Å². The largest absolute Gasteiger partial charge is 0.391 e. The van der Waals surface area contributed by atoms with E-state index < -0.39 is 31.4 Å². The summed E-state index contributed by atoms with van der Waals surface area (Å²) in [4.78, 5) is 0. The second kappa shape index (κ2) is 5.92. The maximum absolute atomic E-state index is 12.1. The van der Waals surface area contributed by atoms with E-state index in [0.29, 0.717) is 6.42 Å². The second-order valence-electron chi connectivity index (χ2n) is 4.81. The van der Waals surface area contributed by atoms with Gasteiger partial charge < -0.3 is 9.84 Å². The van der Waals surface area contributed by atoms with E-state index in [0.717, 1.165) is 24.0 Å². The Morgan fingerprint density at radius 1 is 1.26 bits per heavy atom. The number of fused-ring (bicyclic) bond motifs is 1. The van der Waals surface area contributed by atoms with Gasteiger partial charge in [-0.05, 0) is 30.4 Å². The molecule has 0 saturated carbocycles. The summed E-state index contributed by atoms with van der Waals surface area (Å²) in [6.07, 6.45) is -4.37. The molecule has 1 aromatic carbocycles. The van der Waals surface area contributed by atoms with Gasteiger partial charge in [-0.25, -0.2) is 0 Å². The molecular formula is C14H17F3O2. The van der Waals surface area contributed by atoms with Crippen LogP contribution >= 0.6 is 0 Å². The van der Waals surface area contributed by atoms with Crippen LogP contribution in [0.3, 0.4) is 0 Å². The molecule has 0 heterocycles.